The van der Waals surface area contributed by atoms with Crippen LogP contribution in [0.4, 0.5) is 0 Å². The van der Waals surface area contributed by atoms with Gasteiger partial charge in [-0.1, -0.05) is 83.8 Å². The molecule has 3 heterocycles. The highest BCUT2D eigenvalue weighted by atomic mass is 32.2. The van der Waals surface area contributed by atoms with E-state index in [0.717, 1.165) is 26.0 Å². The highest BCUT2D eigenvalue weighted by molar-refractivity contribution is 8.00. The van der Waals surface area contributed by atoms with E-state index in [1.54, 1.807) is 16.3 Å². The molecule has 6 rings (SSSR count). The smallest absolute Gasteiger partial charge is 0.248 e. The van der Waals surface area contributed by atoms with Crippen molar-refractivity contribution in [1.82, 2.24) is 19.6 Å². The van der Waals surface area contributed by atoms with Crippen LogP contribution in [0.15, 0.2) is 87.8 Å². The van der Waals surface area contributed by atoms with Crippen molar-refractivity contribution < 1.29 is 9.15 Å². The number of rotatable bonds is 6. The average molecular weight is 471 g/mol. The first-order valence-electron chi connectivity index (χ1n) is 10.3. The largest absolute Gasteiger partial charge is 0.486 e. The van der Waals surface area contributed by atoms with Crippen LogP contribution < -0.4 is 4.74 Å². The van der Waals surface area contributed by atoms with Crippen LogP contribution in [0.1, 0.15) is 5.56 Å². The van der Waals surface area contributed by atoms with Gasteiger partial charge in [0, 0.05) is 0 Å². The summed E-state index contributed by atoms with van der Waals surface area (Å²) < 4.78 is 15.0. The molecule has 3 aromatic carbocycles. The van der Waals surface area contributed by atoms with Gasteiger partial charge in [0.15, 0.2) is 15.4 Å². The van der Waals surface area contributed by atoms with Crippen molar-refractivity contribution in [2.24, 2.45) is 0 Å². The third-order valence-corrected chi connectivity index (χ3v) is 7.18. The molecule has 33 heavy (non-hydrogen) atoms. The number of hydrogen-bond donors (Lipinski definition) is 0. The van der Waals surface area contributed by atoms with Gasteiger partial charge in [-0.2, -0.15) is 0 Å². The Labute approximate surface area is 197 Å². The van der Waals surface area contributed by atoms with Crippen molar-refractivity contribution in [3.63, 3.8) is 0 Å². The molecule has 0 saturated heterocycles. The summed E-state index contributed by atoms with van der Waals surface area (Å²) in [6.45, 7) is 0.425. The fourth-order valence-electron chi connectivity index (χ4n) is 3.72. The summed E-state index contributed by atoms with van der Waals surface area (Å²) in [5.41, 5.74) is 5.41. The topological polar surface area (TPSA) is 65.5 Å². The van der Waals surface area contributed by atoms with Crippen LogP contribution >= 0.6 is 23.1 Å². The molecule has 0 unspecified atom stereocenters. The van der Waals surface area contributed by atoms with Crippen molar-refractivity contribution in [1.29, 1.82) is 0 Å². The minimum atomic E-state index is 0.425. The van der Waals surface area contributed by atoms with E-state index in [0.29, 0.717) is 35.0 Å². The molecule has 0 atom stereocenters. The van der Waals surface area contributed by atoms with Gasteiger partial charge in [0.1, 0.15) is 18.1 Å². The van der Waals surface area contributed by atoms with E-state index in [1.165, 1.54) is 11.3 Å². The summed E-state index contributed by atoms with van der Waals surface area (Å²) in [6, 6.07) is 24.3. The van der Waals surface area contributed by atoms with Crippen LogP contribution in [0.3, 0.4) is 0 Å². The lowest BCUT2D eigenvalue weighted by Crippen LogP contribution is -1.98. The summed E-state index contributed by atoms with van der Waals surface area (Å²) in [7, 11) is 0. The summed E-state index contributed by atoms with van der Waals surface area (Å²) in [6.07, 6.45) is 3.84. The number of para-hydroxylation sites is 1. The second-order valence-corrected chi connectivity index (χ2v) is 9.37. The molecule has 0 spiro atoms. The number of thioether (sulfide) groups is 1. The Morgan fingerprint density at radius 3 is 2.67 bits per heavy atom. The summed E-state index contributed by atoms with van der Waals surface area (Å²) in [5, 5.41) is 4.49. The zero-order valence-corrected chi connectivity index (χ0v) is 19.3. The molecule has 0 aliphatic carbocycles. The lowest BCUT2D eigenvalue weighted by Gasteiger charge is -2.11. The number of oxazole rings is 1. The quantitative estimate of drug-likeness (QED) is 0.257. The molecule has 0 aliphatic heterocycles. The Hall–Kier alpha value is -3.62. The third kappa shape index (κ3) is 3.77. The van der Waals surface area contributed by atoms with Crippen molar-refractivity contribution in [2.45, 2.75) is 10.9 Å². The molecule has 6 aromatic rings. The van der Waals surface area contributed by atoms with Gasteiger partial charge in [0.25, 0.3) is 0 Å². The number of ether oxygens (including phenoxy) is 1. The highest BCUT2D eigenvalue weighted by Crippen LogP contribution is 2.32. The minimum Gasteiger partial charge on any atom is -0.486 e. The second kappa shape index (κ2) is 8.38. The molecule has 6 nitrogen and oxygen atoms in total. The predicted molar refractivity (Wildman–Crippen MR) is 132 cm³/mol. The van der Waals surface area contributed by atoms with E-state index in [1.807, 2.05) is 61.0 Å². The first-order chi connectivity index (χ1) is 16.3. The zero-order chi connectivity index (χ0) is 22.2. The van der Waals surface area contributed by atoms with Crippen LogP contribution in [-0.4, -0.2) is 25.8 Å². The lowest BCUT2D eigenvalue weighted by atomic mass is 10.0. The summed E-state index contributed by atoms with van der Waals surface area (Å²) >= 11 is 3.14. The Balaban J connectivity index is 1.31. The highest BCUT2D eigenvalue weighted by Gasteiger charge is 2.17. The Bertz CT molecular complexity index is 1540. The van der Waals surface area contributed by atoms with Gasteiger partial charge in [-0.25, -0.2) is 14.5 Å². The van der Waals surface area contributed by atoms with Crippen LogP contribution in [0.5, 0.6) is 5.75 Å². The molecule has 3 aromatic heterocycles. The molecule has 0 N–H and O–H groups in total. The Kier molecular flexibility index (Phi) is 5.09. The number of aromatic nitrogens is 4. The number of hydrogen-bond acceptors (Lipinski definition) is 7. The molecule has 0 radical (unpaired) electrons. The standard InChI is InChI=1S/C25H18N4O2S2/c1-32-25-28-29-14-19(26-24(29)33-25)23-27-22-20(12-7-13-21(22)31-23)30-15-17-10-5-6-11-18(17)16-8-3-2-4-9-16/h2-14H,15H2,1H3. The molecule has 0 bridgehead atoms. The molecular weight excluding hydrogens is 452 g/mol. The normalized spacial score (nSPS) is 11.4. The first-order valence-corrected chi connectivity index (χ1v) is 12.4. The van der Waals surface area contributed by atoms with Gasteiger partial charge in [0.2, 0.25) is 10.9 Å². The molecule has 0 amide bonds. The van der Waals surface area contributed by atoms with Crippen molar-refractivity contribution in [2.75, 3.05) is 6.26 Å². The Morgan fingerprint density at radius 1 is 0.970 bits per heavy atom. The van der Waals surface area contributed by atoms with Gasteiger partial charge in [-0.05, 0) is 35.1 Å². The Morgan fingerprint density at radius 2 is 1.82 bits per heavy atom. The van der Waals surface area contributed by atoms with Crippen LogP contribution in [0.2, 0.25) is 0 Å². The van der Waals surface area contributed by atoms with Gasteiger partial charge in [0.05, 0.1) is 6.20 Å². The molecule has 0 saturated carbocycles. The van der Waals surface area contributed by atoms with E-state index >= 15 is 0 Å². The maximum absolute atomic E-state index is 6.23. The van der Waals surface area contributed by atoms with Gasteiger partial charge < -0.3 is 9.15 Å². The van der Waals surface area contributed by atoms with Crippen LogP contribution in [-0.2, 0) is 6.61 Å². The van der Waals surface area contributed by atoms with Crippen LogP contribution in [0, 0.1) is 0 Å². The van der Waals surface area contributed by atoms with Crippen LogP contribution in [0.25, 0.3) is 38.8 Å². The molecule has 162 valence electrons. The van der Waals surface area contributed by atoms with E-state index in [9.17, 15) is 0 Å². The fourth-order valence-corrected chi connectivity index (χ4v) is 5.06. The number of fused-ring (bicyclic) bond motifs is 2. The van der Waals surface area contributed by atoms with E-state index in [4.69, 9.17) is 14.1 Å². The average Bonchev–Trinajstić information content (AvgIpc) is 3.56. The third-order valence-electron chi connectivity index (χ3n) is 5.29. The van der Waals surface area contributed by atoms with E-state index in [-0.39, 0.29) is 0 Å². The maximum atomic E-state index is 6.23. The predicted octanol–water partition coefficient (Wildman–Crippen LogP) is 6.57. The maximum Gasteiger partial charge on any atom is 0.248 e. The monoisotopic (exact) mass is 470 g/mol. The molecular formula is C25H18N4O2S2. The van der Waals surface area contributed by atoms with Crippen molar-refractivity contribution >= 4 is 39.2 Å². The number of nitrogens with zero attached hydrogens (tertiary/aromatic N) is 4. The summed E-state index contributed by atoms with van der Waals surface area (Å²) in [4.78, 5) is 10.1. The van der Waals surface area contributed by atoms with Gasteiger partial charge in [-0.15, -0.1) is 5.10 Å². The minimum absolute atomic E-state index is 0.425. The van der Waals surface area contributed by atoms with Gasteiger partial charge in [-0.3, -0.25) is 0 Å². The van der Waals surface area contributed by atoms with E-state index in [2.05, 4.69) is 34.3 Å². The lowest BCUT2D eigenvalue weighted by molar-refractivity contribution is 0.310. The SMILES string of the molecule is CSc1nn2cc(-c3nc4c(OCc5ccccc5-c5ccccc5)cccc4o3)nc2s1. The van der Waals surface area contributed by atoms with Crippen molar-refractivity contribution in [3.8, 4) is 28.5 Å². The fraction of sp³-hybridized carbons (Fsp3) is 0.0800. The number of imidazole rings is 1. The molecule has 8 heteroatoms. The number of benzene rings is 3. The first kappa shape index (κ1) is 20.0. The van der Waals surface area contributed by atoms with Gasteiger partial charge >= 0.3 is 0 Å². The zero-order valence-electron chi connectivity index (χ0n) is 17.6. The van der Waals surface area contributed by atoms with Crippen molar-refractivity contribution in [3.05, 3.63) is 84.6 Å². The molecule has 0 aliphatic rings. The van der Waals surface area contributed by atoms with E-state index < -0.39 is 0 Å². The summed E-state index contributed by atoms with van der Waals surface area (Å²) in [5.74, 6) is 1.13. The molecule has 0 fully saturated rings. The second-order valence-electron chi connectivity index (χ2n) is 7.36.